The molecule has 1 unspecified atom stereocenters. The monoisotopic (exact) mass is 276 g/mol. The number of nitrogens with zero attached hydrogens (tertiary/aromatic N) is 2. The summed E-state index contributed by atoms with van der Waals surface area (Å²) in [6.45, 7) is 2.17. The summed E-state index contributed by atoms with van der Waals surface area (Å²) >= 11 is 0. The Kier molecular flexibility index (Phi) is 1.94. The van der Waals surface area contributed by atoms with Crippen molar-refractivity contribution in [2.45, 2.75) is 19.5 Å². The minimum atomic E-state index is 0.416. The number of benzene rings is 2. The van der Waals surface area contributed by atoms with Gasteiger partial charge in [-0.1, -0.05) is 18.2 Å². The van der Waals surface area contributed by atoms with Crippen LogP contribution in [-0.2, 0) is 6.42 Å². The molecule has 0 spiro atoms. The third-order valence-corrected chi connectivity index (χ3v) is 4.94. The van der Waals surface area contributed by atoms with Gasteiger partial charge < -0.3 is 14.2 Å². The average Bonchev–Trinajstić information content (AvgIpc) is 3.11. The lowest BCUT2D eigenvalue weighted by atomic mass is 10.0. The Labute approximate surface area is 123 Å². The molecule has 2 aliphatic rings. The lowest BCUT2D eigenvalue weighted by Crippen LogP contribution is -2.34. The molecule has 3 heterocycles. The predicted molar refractivity (Wildman–Crippen MR) is 85.2 cm³/mol. The van der Waals surface area contributed by atoms with Crippen LogP contribution in [0.4, 0.5) is 5.69 Å². The van der Waals surface area contributed by atoms with Crippen molar-refractivity contribution < 1.29 is 4.42 Å². The van der Waals surface area contributed by atoms with E-state index in [1.165, 1.54) is 27.7 Å². The number of allylic oxidation sites excluding steroid dienone is 1. The van der Waals surface area contributed by atoms with E-state index in [1.54, 1.807) is 0 Å². The van der Waals surface area contributed by atoms with Crippen LogP contribution in [0.5, 0.6) is 0 Å². The average molecular weight is 276 g/mol. The zero-order chi connectivity index (χ0) is 14.1. The fourth-order valence-corrected chi connectivity index (χ4v) is 3.77. The maximum Gasteiger partial charge on any atom is 0.135 e. The van der Waals surface area contributed by atoms with Crippen molar-refractivity contribution in [1.82, 2.24) is 4.90 Å². The molecule has 1 atom stereocenters. The number of hydrogen-bond acceptors (Lipinski definition) is 3. The molecule has 0 saturated carbocycles. The fraction of sp³-hybridized carbons (Fsp3) is 0.222. The fourth-order valence-electron chi connectivity index (χ4n) is 3.77. The summed E-state index contributed by atoms with van der Waals surface area (Å²) in [5.74, 6) is 0. The van der Waals surface area contributed by atoms with Crippen molar-refractivity contribution in [3.63, 3.8) is 0 Å². The molecular weight excluding hydrogens is 260 g/mol. The molecule has 2 aliphatic heterocycles. The van der Waals surface area contributed by atoms with E-state index in [-0.39, 0.29) is 0 Å². The van der Waals surface area contributed by atoms with E-state index in [4.69, 9.17) is 4.42 Å². The first-order valence-electron chi connectivity index (χ1n) is 7.37. The first-order valence-corrected chi connectivity index (χ1v) is 7.37. The Balaban J connectivity index is 1.85. The highest BCUT2D eigenvalue weighted by molar-refractivity contribution is 6.09. The van der Waals surface area contributed by atoms with E-state index in [0.29, 0.717) is 6.17 Å². The Bertz CT molecular complexity index is 922. The van der Waals surface area contributed by atoms with E-state index < -0.39 is 0 Å². The molecule has 5 rings (SSSR count). The van der Waals surface area contributed by atoms with Crippen LogP contribution < -0.4 is 4.90 Å². The molecule has 3 aromatic rings. The van der Waals surface area contributed by atoms with Crippen LogP contribution in [0.1, 0.15) is 12.5 Å². The van der Waals surface area contributed by atoms with Gasteiger partial charge in [-0.05, 0) is 30.7 Å². The van der Waals surface area contributed by atoms with Gasteiger partial charge in [0.2, 0.25) is 0 Å². The van der Waals surface area contributed by atoms with E-state index in [0.717, 1.165) is 17.6 Å². The molecule has 0 aliphatic carbocycles. The number of fused-ring (bicyclic) bond motifs is 7. The molecule has 104 valence electrons. The number of para-hydroxylation sites is 1. The molecule has 21 heavy (non-hydrogen) atoms. The largest absolute Gasteiger partial charge is 0.456 e. The maximum atomic E-state index is 6.00. The Morgan fingerprint density at radius 1 is 1.10 bits per heavy atom. The summed E-state index contributed by atoms with van der Waals surface area (Å²) < 4.78 is 6.00. The normalized spacial score (nSPS) is 20.3. The Morgan fingerprint density at radius 2 is 1.95 bits per heavy atom. The third kappa shape index (κ3) is 1.29. The quantitative estimate of drug-likeness (QED) is 0.617. The summed E-state index contributed by atoms with van der Waals surface area (Å²) in [5, 5.41) is 2.52. The van der Waals surface area contributed by atoms with Gasteiger partial charge in [0.1, 0.15) is 17.3 Å². The van der Waals surface area contributed by atoms with Gasteiger partial charge in [-0.3, -0.25) is 0 Å². The van der Waals surface area contributed by atoms with Gasteiger partial charge in [0.05, 0.1) is 0 Å². The Hall–Kier alpha value is -2.42. The zero-order valence-corrected chi connectivity index (χ0v) is 12.1. The first kappa shape index (κ1) is 11.3. The van der Waals surface area contributed by atoms with Gasteiger partial charge in [-0.15, -0.1) is 0 Å². The van der Waals surface area contributed by atoms with Gasteiger partial charge in [0, 0.05) is 41.8 Å². The SMILES string of the molecule is CC1=CN2c3ccc4oc5ccccc5c4c3CC2N1C. The van der Waals surface area contributed by atoms with E-state index in [9.17, 15) is 0 Å². The van der Waals surface area contributed by atoms with Crippen LogP contribution >= 0.6 is 0 Å². The highest BCUT2D eigenvalue weighted by Gasteiger charge is 2.37. The smallest absolute Gasteiger partial charge is 0.135 e. The summed E-state index contributed by atoms with van der Waals surface area (Å²) in [6.07, 6.45) is 3.71. The molecule has 0 bridgehead atoms. The van der Waals surface area contributed by atoms with E-state index in [1.807, 2.05) is 12.1 Å². The lowest BCUT2D eigenvalue weighted by molar-refractivity contribution is 0.344. The number of hydrogen-bond donors (Lipinski definition) is 0. The summed E-state index contributed by atoms with van der Waals surface area (Å²) in [4.78, 5) is 4.75. The highest BCUT2D eigenvalue weighted by atomic mass is 16.3. The standard InChI is InChI=1S/C18H16N2O/c1-11-10-20-14-7-8-16-18(13(14)9-17(20)19(11)2)12-5-3-4-6-15(12)21-16/h3-8,10,17H,9H2,1-2H3. The van der Waals surface area contributed by atoms with Crippen LogP contribution in [0.25, 0.3) is 21.9 Å². The molecule has 1 aromatic heterocycles. The molecular formula is C18H16N2O. The van der Waals surface area contributed by atoms with Crippen molar-refractivity contribution in [2.75, 3.05) is 11.9 Å². The van der Waals surface area contributed by atoms with Gasteiger partial charge in [-0.2, -0.15) is 0 Å². The van der Waals surface area contributed by atoms with Crippen molar-refractivity contribution in [3.8, 4) is 0 Å². The van der Waals surface area contributed by atoms with Gasteiger partial charge in [-0.25, -0.2) is 0 Å². The van der Waals surface area contributed by atoms with Gasteiger partial charge in [0.25, 0.3) is 0 Å². The van der Waals surface area contributed by atoms with E-state index >= 15 is 0 Å². The zero-order valence-electron chi connectivity index (χ0n) is 12.1. The maximum absolute atomic E-state index is 6.00. The molecule has 3 nitrogen and oxygen atoms in total. The van der Waals surface area contributed by atoms with Crippen LogP contribution in [0.15, 0.2) is 52.7 Å². The minimum absolute atomic E-state index is 0.416. The van der Waals surface area contributed by atoms with Gasteiger partial charge in [0.15, 0.2) is 0 Å². The predicted octanol–water partition coefficient (Wildman–Crippen LogP) is 4.08. The lowest BCUT2D eigenvalue weighted by Gasteiger charge is -2.24. The topological polar surface area (TPSA) is 19.6 Å². The third-order valence-electron chi connectivity index (χ3n) is 4.94. The number of furan rings is 1. The summed E-state index contributed by atoms with van der Waals surface area (Å²) in [7, 11) is 2.17. The summed E-state index contributed by atoms with van der Waals surface area (Å²) in [5.41, 5.74) is 6.04. The molecule has 2 aromatic carbocycles. The molecule has 0 saturated heterocycles. The van der Waals surface area contributed by atoms with E-state index in [2.05, 4.69) is 54.2 Å². The second-order valence-electron chi connectivity index (χ2n) is 6.01. The van der Waals surface area contributed by atoms with Crippen LogP contribution in [-0.4, -0.2) is 18.1 Å². The highest BCUT2D eigenvalue weighted by Crippen LogP contribution is 2.44. The molecule has 0 amide bonds. The molecule has 3 heteroatoms. The molecule has 0 N–H and O–H groups in total. The van der Waals surface area contributed by atoms with Crippen molar-refractivity contribution in [2.24, 2.45) is 0 Å². The van der Waals surface area contributed by atoms with Crippen LogP contribution in [0.3, 0.4) is 0 Å². The molecule has 0 radical (unpaired) electrons. The molecule has 0 fully saturated rings. The first-order chi connectivity index (χ1) is 10.2. The Morgan fingerprint density at radius 3 is 2.86 bits per heavy atom. The van der Waals surface area contributed by atoms with Crippen molar-refractivity contribution >= 4 is 27.6 Å². The van der Waals surface area contributed by atoms with Crippen LogP contribution in [0, 0.1) is 0 Å². The van der Waals surface area contributed by atoms with Crippen molar-refractivity contribution in [1.29, 1.82) is 0 Å². The number of rotatable bonds is 0. The second kappa shape index (κ2) is 3.61. The van der Waals surface area contributed by atoms with Crippen molar-refractivity contribution in [3.05, 3.63) is 53.9 Å². The number of likely N-dealkylation sites (N-methyl/N-ethyl adjacent to an activating group) is 1. The van der Waals surface area contributed by atoms with Gasteiger partial charge >= 0.3 is 0 Å². The minimum Gasteiger partial charge on any atom is -0.456 e. The number of anilines is 1. The second-order valence-corrected chi connectivity index (χ2v) is 6.01. The van der Waals surface area contributed by atoms with Crippen LogP contribution in [0.2, 0.25) is 0 Å². The summed E-state index contributed by atoms with van der Waals surface area (Å²) in [6, 6.07) is 12.6.